The Morgan fingerprint density at radius 3 is 2.58 bits per heavy atom. The molecule has 0 saturated carbocycles. The van der Waals surface area contributed by atoms with Crippen LogP contribution in [-0.4, -0.2) is 61.7 Å². The lowest BCUT2D eigenvalue weighted by atomic mass is 9.91. The van der Waals surface area contributed by atoms with E-state index in [0.717, 1.165) is 38.0 Å². The summed E-state index contributed by atoms with van der Waals surface area (Å²) >= 11 is 0. The number of aryl methyl sites for hydroxylation is 1. The number of phenolic OH excluding ortho intramolecular Hbond substituents is 1. The van der Waals surface area contributed by atoms with Gasteiger partial charge in [-0.1, -0.05) is 0 Å². The highest BCUT2D eigenvalue weighted by molar-refractivity contribution is 5.98. The number of carbonyl (C=O) groups is 1. The lowest BCUT2D eigenvalue weighted by Crippen LogP contribution is -2.38. The first-order valence-corrected chi connectivity index (χ1v) is 8.74. The smallest absolute Gasteiger partial charge is 0.257 e. The molecule has 1 N–H and O–H groups in total. The summed E-state index contributed by atoms with van der Waals surface area (Å²) in [6.45, 7) is 4.55. The molecule has 24 heavy (non-hydrogen) atoms. The predicted molar refractivity (Wildman–Crippen MR) is 95.8 cm³/mol. The number of amides is 1. The zero-order valence-electron chi connectivity index (χ0n) is 15.3. The summed E-state index contributed by atoms with van der Waals surface area (Å²) < 4.78 is 5.16. The second-order valence-corrected chi connectivity index (χ2v) is 7.04. The van der Waals surface area contributed by atoms with Crippen molar-refractivity contribution in [3.05, 3.63) is 23.3 Å². The van der Waals surface area contributed by atoms with Crippen molar-refractivity contribution in [3.8, 4) is 11.5 Å². The summed E-state index contributed by atoms with van der Waals surface area (Å²) in [5.74, 6) is 0.911. The molecule has 0 spiro atoms. The van der Waals surface area contributed by atoms with Crippen LogP contribution in [0.25, 0.3) is 0 Å². The summed E-state index contributed by atoms with van der Waals surface area (Å²) in [6, 6.07) is 3.48. The molecule has 5 nitrogen and oxygen atoms in total. The highest BCUT2D eigenvalue weighted by atomic mass is 16.5. The molecule has 5 heteroatoms. The maximum atomic E-state index is 12.8. The minimum Gasteiger partial charge on any atom is -0.504 e. The Morgan fingerprint density at radius 1 is 1.33 bits per heavy atom. The fraction of sp³-hybridized carbons (Fsp3) is 0.632. The average Bonchev–Trinajstić information content (AvgIpc) is 2.56. The predicted octanol–water partition coefficient (Wildman–Crippen LogP) is 2.90. The van der Waals surface area contributed by atoms with Gasteiger partial charge >= 0.3 is 0 Å². The molecule has 0 bridgehead atoms. The third kappa shape index (κ3) is 4.63. The Hall–Kier alpha value is -1.75. The number of aromatic hydroxyl groups is 1. The Kier molecular flexibility index (Phi) is 6.49. The fourth-order valence-corrected chi connectivity index (χ4v) is 3.36. The molecule has 0 radical (unpaired) electrons. The quantitative estimate of drug-likeness (QED) is 0.869. The number of hydrogen-bond acceptors (Lipinski definition) is 4. The van der Waals surface area contributed by atoms with E-state index >= 15 is 0 Å². The zero-order chi connectivity index (χ0) is 17.7. The number of nitrogens with zero attached hydrogens (tertiary/aromatic N) is 2. The van der Waals surface area contributed by atoms with Crippen LogP contribution in [0.5, 0.6) is 11.5 Å². The summed E-state index contributed by atoms with van der Waals surface area (Å²) in [7, 11) is 5.70. The van der Waals surface area contributed by atoms with E-state index in [2.05, 4.69) is 19.0 Å². The normalized spacial score (nSPS) is 15.8. The van der Waals surface area contributed by atoms with Gasteiger partial charge in [-0.3, -0.25) is 4.79 Å². The van der Waals surface area contributed by atoms with E-state index in [1.165, 1.54) is 20.0 Å². The van der Waals surface area contributed by atoms with E-state index in [0.29, 0.717) is 17.2 Å². The standard InChI is InChI=1S/C19H30N2O3/c1-14-12-16(18(22)17(13-14)24-4)19(23)21-10-7-15(8-11-21)6-5-9-20(2)3/h12-13,15,22H,5-11H2,1-4H3. The molecular formula is C19H30N2O3. The van der Waals surface area contributed by atoms with Crippen molar-refractivity contribution in [3.63, 3.8) is 0 Å². The van der Waals surface area contributed by atoms with Crippen LogP contribution in [0.4, 0.5) is 0 Å². The molecule has 2 rings (SSSR count). The van der Waals surface area contributed by atoms with Crippen molar-refractivity contribution in [2.45, 2.75) is 32.6 Å². The molecule has 1 aromatic carbocycles. The number of rotatable bonds is 6. The van der Waals surface area contributed by atoms with Gasteiger partial charge in [-0.05, 0) is 76.9 Å². The number of benzene rings is 1. The molecule has 1 fully saturated rings. The van der Waals surface area contributed by atoms with E-state index < -0.39 is 0 Å². The molecule has 0 unspecified atom stereocenters. The van der Waals surface area contributed by atoms with Gasteiger partial charge in [-0.15, -0.1) is 0 Å². The van der Waals surface area contributed by atoms with E-state index in [-0.39, 0.29) is 11.7 Å². The van der Waals surface area contributed by atoms with Crippen molar-refractivity contribution in [1.82, 2.24) is 9.80 Å². The van der Waals surface area contributed by atoms with Crippen LogP contribution in [0.1, 0.15) is 41.6 Å². The highest BCUT2D eigenvalue weighted by Crippen LogP contribution is 2.33. The van der Waals surface area contributed by atoms with Crippen molar-refractivity contribution < 1.29 is 14.6 Å². The fourth-order valence-electron chi connectivity index (χ4n) is 3.36. The number of ether oxygens (including phenoxy) is 1. The topological polar surface area (TPSA) is 53.0 Å². The van der Waals surface area contributed by atoms with Gasteiger partial charge in [0.2, 0.25) is 0 Å². The summed E-state index contributed by atoms with van der Waals surface area (Å²) in [5.41, 5.74) is 1.25. The molecule has 0 atom stereocenters. The molecule has 1 heterocycles. The van der Waals surface area contributed by atoms with Gasteiger partial charge in [0.1, 0.15) is 0 Å². The van der Waals surface area contributed by atoms with Crippen LogP contribution in [0.15, 0.2) is 12.1 Å². The van der Waals surface area contributed by atoms with Crippen molar-refractivity contribution in [2.24, 2.45) is 5.92 Å². The van der Waals surface area contributed by atoms with E-state index in [4.69, 9.17) is 4.74 Å². The van der Waals surface area contributed by atoms with Gasteiger partial charge in [0.05, 0.1) is 12.7 Å². The highest BCUT2D eigenvalue weighted by Gasteiger charge is 2.26. The molecule has 0 aromatic heterocycles. The number of likely N-dealkylation sites (tertiary alicyclic amines) is 1. The minimum atomic E-state index is -0.0961. The summed E-state index contributed by atoms with van der Waals surface area (Å²) in [5, 5.41) is 10.3. The Balaban J connectivity index is 1.95. The van der Waals surface area contributed by atoms with Crippen LogP contribution in [0.3, 0.4) is 0 Å². The molecule has 1 saturated heterocycles. The molecule has 0 aliphatic carbocycles. The zero-order valence-corrected chi connectivity index (χ0v) is 15.3. The second-order valence-electron chi connectivity index (χ2n) is 7.04. The lowest BCUT2D eigenvalue weighted by molar-refractivity contribution is 0.0681. The SMILES string of the molecule is COc1cc(C)cc(C(=O)N2CCC(CCCN(C)C)CC2)c1O. The molecule has 134 valence electrons. The van der Waals surface area contributed by atoms with Gasteiger partial charge in [-0.2, -0.15) is 0 Å². The molecule has 1 aliphatic rings. The first kappa shape index (κ1) is 18.6. The first-order chi connectivity index (χ1) is 11.4. The maximum Gasteiger partial charge on any atom is 0.257 e. The minimum absolute atomic E-state index is 0.0544. The Labute approximate surface area is 145 Å². The van der Waals surface area contributed by atoms with Gasteiger partial charge in [0.15, 0.2) is 11.5 Å². The van der Waals surface area contributed by atoms with E-state index in [1.54, 1.807) is 12.1 Å². The van der Waals surface area contributed by atoms with Crippen molar-refractivity contribution >= 4 is 5.91 Å². The van der Waals surface area contributed by atoms with Gasteiger partial charge in [-0.25, -0.2) is 0 Å². The number of carbonyl (C=O) groups excluding carboxylic acids is 1. The number of phenols is 1. The van der Waals surface area contributed by atoms with Crippen LogP contribution in [0.2, 0.25) is 0 Å². The van der Waals surface area contributed by atoms with Crippen LogP contribution in [-0.2, 0) is 0 Å². The molecule has 1 aliphatic heterocycles. The summed E-state index contributed by atoms with van der Waals surface area (Å²) in [6.07, 6.45) is 4.52. The van der Waals surface area contributed by atoms with E-state index in [1.807, 2.05) is 11.8 Å². The van der Waals surface area contributed by atoms with E-state index in [9.17, 15) is 9.90 Å². The van der Waals surface area contributed by atoms with Crippen molar-refractivity contribution in [2.75, 3.05) is 40.8 Å². The van der Waals surface area contributed by atoms with Crippen LogP contribution in [0, 0.1) is 12.8 Å². The van der Waals surface area contributed by atoms with Gasteiger partial charge < -0.3 is 19.6 Å². The lowest BCUT2D eigenvalue weighted by Gasteiger charge is -2.32. The summed E-state index contributed by atoms with van der Waals surface area (Å²) in [4.78, 5) is 16.8. The van der Waals surface area contributed by atoms with Gasteiger partial charge in [0.25, 0.3) is 5.91 Å². The second kappa shape index (κ2) is 8.38. The number of piperidine rings is 1. The monoisotopic (exact) mass is 334 g/mol. The molecule has 1 aromatic rings. The third-order valence-corrected chi connectivity index (χ3v) is 4.79. The Morgan fingerprint density at radius 2 is 2.00 bits per heavy atom. The number of methoxy groups -OCH3 is 1. The van der Waals surface area contributed by atoms with Crippen LogP contribution < -0.4 is 4.74 Å². The largest absolute Gasteiger partial charge is 0.504 e. The van der Waals surface area contributed by atoms with Crippen molar-refractivity contribution in [1.29, 1.82) is 0 Å². The van der Waals surface area contributed by atoms with Gasteiger partial charge in [0, 0.05) is 13.1 Å². The number of hydrogen-bond donors (Lipinski definition) is 1. The third-order valence-electron chi connectivity index (χ3n) is 4.79. The molecular weight excluding hydrogens is 304 g/mol. The molecule has 1 amide bonds. The Bertz CT molecular complexity index is 564. The van der Waals surface area contributed by atoms with Crippen LogP contribution >= 0.6 is 0 Å². The first-order valence-electron chi connectivity index (χ1n) is 8.74. The maximum absolute atomic E-state index is 12.8. The average molecular weight is 334 g/mol.